The van der Waals surface area contributed by atoms with E-state index in [9.17, 15) is 4.79 Å². The van der Waals surface area contributed by atoms with E-state index in [1.165, 1.54) is 6.42 Å². The van der Waals surface area contributed by atoms with Crippen LogP contribution in [0.15, 0.2) is 0 Å². The highest BCUT2D eigenvalue weighted by Gasteiger charge is 2.51. The lowest BCUT2D eigenvalue weighted by atomic mass is 9.80. The molecule has 0 bridgehead atoms. The maximum absolute atomic E-state index is 12.1. The van der Waals surface area contributed by atoms with Gasteiger partial charge in [0, 0.05) is 13.1 Å². The molecule has 4 nitrogen and oxygen atoms in total. The van der Waals surface area contributed by atoms with Gasteiger partial charge >= 0.3 is 0 Å². The molecule has 20 heavy (non-hydrogen) atoms. The number of primary amides is 1. The van der Waals surface area contributed by atoms with Gasteiger partial charge in [-0.2, -0.15) is 0 Å². The predicted octanol–water partition coefficient (Wildman–Crippen LogP) is 1.60. The average molecular weight is 281 g/mol. The fourth-order valence-electron chi connectivity index (χ4n) is 3.62. The van der Waals surface area contributed by atoms with Crippen LogP contribution in [0.3, 0.4) is 0 Å². The number of rotatable bonds is 6. The first-order chi connectivity index (χ1) is 9.29. The molecule has 1 aliphatic heterocycles. The summed E-state index contributed by atoms with van der Waals surface area (Å²) in [5.41, 5.74) is 5.62. The smallest absolute Gasteiger partial charge is 0.239 e. The van der Waals surface area contributed by atoms with Gasteiger partial charge in [-0.3, -0.25) is 4.79 Å². The Morgan fingerprint density at radius 1 is 1.25 bits per heavy atom. The van der Waals surface area contributed by atoms with E-state index < -0.39 is 5.54 Å². The monoisotopic (exact) mass is 281 g/mol. The Labute approximate surface area is 123 Å². The zero-order valence-corrected chi connectivity index (χ0v) is 13.5. The fourth-order valence-corrected chi connectivity index (χ4v) is 3.62. The summed E-state index contributed by atoms with van der Waals surface area (Å²) in [7, 11) is 0. The number of carbonyl (C=O) groups excluding carboxylic acids is 1. The summed E-state index contributed by atoms with van der Waals surface area (Å²) in [5, 5.41) is 3.42. The van der Waals surface area contributed by atoms with Crippen LogP contribution < -0.4 is 11.1 Å². The number of hydrogen-bond donors (Lipinski definition) is 2. The van der Waals surface area contributed by atoms with Crippen molar-refractivity contribution in [1.29, 1.82) is 0 Å². The fraction of sp³-hybridized carbons (Fsp3) is 0.938. The Hall–Kier alpha value is -0.610. The van der Waals surface area contributed by atoms with Crippen LogP contribution >= 0.6 is 0 Å². The van der Waals surface area contributed by atoms with Crippen molar-refractivity contribution in [3.05, 3.63) is 0 Å². The third-order valence-electron chi connectivity index (χ3n) is 5.18. The van der Waals surface area contributed by atoms with E-state index >= 15 is 0 Å². The Kier molecular flexibility index (Phi) is 4.45. The van der Waals surface area contributed by atoms with Crippen molar-refractivity contribution in [2.75, 3.05) is 26.2 Å². The van der Waals surface area contributed by atoms with E-state index in [1.54, 1.807) is 0 Å². The minimum absolute atomic E-state index is 0.166. The second-order valence-corrected chi connectivity index (χ2v) is 7.73. The lowest BCUT2D eigenvalue weighted by molar-refractivity contribution is -0.126. The van der Waals surface area contributed by atoms with Crippen LogP contribution in [0.5, 0.6) is 0 Å². The van der Waals surface area contributed by atoms with Gasteiger partial charge in [-0.25, -0.2) is 0 Å². The molecule has 2 rings (SSSR count). The molecule has 116 valence electrons. The summed E-state index contributed by atoms with van der Waals surface area (Å²) in [6, 6.07) is 0. The Balaban J connectivity index is 2.04. The van der Waals surface area contributed by atoms with E-state index in [0.717, 1.165) is 39.0 Å². The lowest BCUT2D eigenvalue weighted by Gasteiger charge is -2.36. The van der Waals surface area contributed by atoms with Crippen LogP contribution in [0.1, 0.15) is 47.0 Å². The topological polar surface area (TPSA) is 58.4 Å². The van der Waals surface area contributed by atoms with E-state index in [-0.39, 0.29) is 5.91 Å². The molecule has 2 fully saturated rings. The summed E-state index contributed by atoms with van der Waals surface area (Å²) in [4.78, 5) is 14.5. The third kappa shape index (κ3) is 3.17. The molecule has 0 aromatic carbocycles. The van der Waals surface area contributed by atoms with Crippen molar-refractivity contribution >= 4 is 5.91 Å². The largest absolute Gasteiger partial charge is 0.368 e. The molecule has 4 heteroatoms. The van der Waals surface area contributed by atoms with E-state index in [1.807, 2.05) is 0 Å². The molecule has 0 radical (unpaired) electrons. The molecule has 1 saturated heterocycles. The lowest BCUT2D eigenvalue weighted by Crippen LogP contribution is -2.63. The van der Waals surface area contributed by atoms with Crippen LogP contribution in [-0.4, -0.2) is 42.5 Å². The number of nitrogens with zero attached hydrogens (tertiary/aromatic N) is 1. The maximum atomic E-state index is 12.1. The summed E-state index contributed by atoms with van der Waals surface area (Å²) in [5.74, 6) is 0.989. The minimum Gasteiger partial charge on any atom is -0.368 e. The number of nitrogens with two attached hydrogens (primary N) is 1. The van der Waals surface area contributed by atoms with E-state index in [4.69, 9.17) is 5.73 Å². The molecular weight excluding hydrogens is 250 g/mol. The number of nitrogens with one attached hydrogen (secondary N) is 1. The first-order valence-electron chi connectivity index (χ1n) is 8.07. The Morgan fingerprint density at radius 2 is 1.90 bits per heavy atom. The molecule has 0 aromatic heterocycles. The van der Waals surface area contributed by atoms with Crippen molar-refractivity contribution in [3.8, 4) is 0 Å². The second kappa shape index (κ2) is 5.64. The molecule has 3 N–H and O–H groups in total. The van der Waals surface area contributed by atoms with E-state index in [2.05, 4.69) is 37.9 Å². The van der Waals surface area contributed by atoms with Gasteiger partial charge < -0.3 is 16.0 Å². The Morgan fingerprint density at radius 3 is 2.30 bits per heavy atom. The van der Waals surface area contributed by atoms with Crippen molar-refractivity contribution in [3.63, 3.8) is 0 Å². The van der Waals surface area contributed by atoms with Gasteiger partial charge in [0.15, 0.2) is 0 Å². The van der Waals surface area contributed by atoms with Crippen molar-refractivity contribution in [2.45, 2.75) is 52.5 Å². The number of likely N-dealkylation sites (N-methyl/N-ethyl adjacent to an activating group) is 1. The number of hydrogen-bond acceptors (Lipinski definition) is 3. The quantitative estimate of drug-likeness (QED) is 0.777. The molecule has 2 atom stereocenters. The summed E-state index contributed by atoms with van der Waals surface area (Å²) in [6.07, 6.45) is 3.49. The summed E-state index contributed by atoms with van der Waals surface area (Å²) < 4.78 is 0. The van der Waals surface area contributed by atoms with Crippen LogP contribution in [0, 0.1) is 17.3 Å². The van der Waals surface area contributed by atoms with Gasteiger partial charge in [0.25, 0.3) is 0 Å². The zero-order chi connectivity index (χ0) is 15.0. The summed E-state index contributed by atoms with van der Waals surface area (Å²) in [6.45, 7) is 12.8. The van der Waals surface area contributed by atoms with E-state index in [0.29, 0.717) is 17.3 Å². The van der Waals surface area contributed by atoms with Gasteiger partial charge in [-0.05, 0) is 49.6 Å². The zero-order valence-electron chi connectivity index (χ0n) is 13.5. The van der Waals surface area contributed by atoms with Gasteiger partial charge in [-0.1, -0.05) is 27.7 Å². The standard InChI is InChI=1S/C16H31N3O/c1-5-18-16(14(17)20,12-6-7-12)11-19-9-8-13(10-19)15(2,3)4/h12-13,18H,5-11H2,1-4H3,(H2,17,20). The molecule has 1 heterocycles. The van der Waals surface area contributed by atoms with Crippen LogP contribution in [-0.2, 0) is 4.79 Å². The second-order valence-electron chi connectivity index (χ2n) is 7.73. The van der Waals surface area contributed by atoms with Gasteiger partial charge in [-0.15, -0.1) is 0 Å². The van der Waals surface area contributed by atoms with Crippen LogP contribution in [0.2, 0.25) is 0 Å². The first kappa shape index (κ1) is 15.8. The van der Waals surface area contributed by atoms with Gasteiger partial charge in [0.05, 0.1) is 0 Å². The molecule has 0 aromatic rings. The Bertz CT molecular complexity index is 359. The third-order valence-corrected chi connectivity index (χ3v) is 5.18. The molecule has 1 aliphatic carbocycles. The molecule has 1 saturated carbocycles. The predicted molar refractivity (Wildman–Crippen MR) is 82.3 cm³/mol. The molecular formula is C16H31N3O. The van der Waals surface area contributed by atoms with Crippen molar-refractivity contribution in [1.82, 2.24) is 10.2 Å². The maximum Gasteiger partial charge on any atom is 0.239 e. The number of amides is 1. The number of carbonyl (C=O) groups is 1. The highest BCUT2D eigenvalue weighted by molar-refractivity contribution is 5.86. The first-order valence-corrected chi connectivity index (χ1v) is 8.07. The molecule has 0 spiro atoms. The normalized spacial score (nSPS) is 27.5. The molecule has 2 aliphatic rings. The number of likely N-dealkylation sites (tertiary alicyclic amines) is 1. The van der Waals surface area contributed by atoms with Gasteiger partial charge in [0.2, 0.25) is 5.91 Å². The van der Waals surface area contributed by atoms with Crippen LogP contribution in [0.4, 0.5) is 0 Å². The SMILES string of the molecule is CCNC(CN1CCC(C(C)(C)C)C1)(C(N)=O)C1CC1. The van der Waals surface area contributed by atoms with Crippen molar-refractivity contribution < 1.29 is 4.79 Å². The highest BCUT2D eigenvalue weighted by Crippen LogP contribution is 2.41. The van der Waals surface area contributed by atoms with Crippen LogP contribution in [0.25, 0.3) is 0 Å². The molecule has 1 amide bonds. The van der Waals surface area contributed by atoms with Gasteiger partial charge in [0.1, 0.15) is 5.54 Å². The van der Waals surface area contributed by atoms with Crippen molar-refractivity contribution in [2.24, 2.45) is 23.0 Å². The average Bonchev–Trinajstić information content (AvgIpc) is 3.07. The molecule has 2 unspecified atom stereocenters. The summed E-state index contributed by atoms with van der Waals surface area (Å²) >= 11 is 0. The highest BCUT2D eigenvalue weighted by atomic mass is 16.1. The minimum atomic E-state index is -0.498.